The number of carboxylic acids is 1. The van der Waals surface area contributed by atoms with Crippen LogP contribution in [0.3, 0.4) is 0 Å². The lowest BCUT2D eigenvalue weighted by Gasteiger charge is -2.14. The normalized spacial score (nSPS) is 11.5. The number of carbonyl (C=O) groups excluding carboxylic acids is 1. The van der Waals surface area contributed by atoms with Crippen molar-refractivity contribution in [1.82, 2.24) is 0 Å². The predicted octanol–water partition coefficient (Wildman–Crippen LogP) is 3.38. The van der Waals surface area contributed by atoms with E-state index in [0.717, 1.165) is 4.90 Å². The van der Waals surface area contributed by atoms with Crippen molar-refractivity contribution in [1.29, 1.82) is 0 Å². The van der Waals surface area contributed by atoms with E-state index in [1.165, 1.54) is 0 Å². The minimum atomic E-state index is -1.09. The molecule has 1 amide bonds. The van der Waals surface area contributed by atoms with Crippen LogP contribution in [-0.4, -0.2) is 29.5 Å². The zero-order chi connectivity index (χ0) is 15.1. The lowest BCUT2D eigenvalue weighted by molar-refractivity contribution is -0.133. The summed E-state index contributed by atoms with van der Waals surface area (Å²) in [4.78, 5) is 23.3. The molecule has 0 radical (unpaired) electrons. The Hall–Kier alpha value is -1.95. The quantitative estimate of drug-likeness (QED) is 0.621. The Morgan fingerprint density at radius 1 is 1.50 bits per heavy atom. The van der Waals surface area contributed by atoms with Gasteiger partial charge < -0.3 is 9.84 Å². The Labute approximate surface area is 122 Å². The second-order valence-corrected chi connectivity index (χ2v) is 5.07. The Bertz CT molecular complexity index is 516. The number of hydrogen-bond acceptors (Lipinski definition) is 4. The number of hydrogen-bond donors (Lipinski definition) is 2. The Balaban J connectivity index is 2.50. The van der Waals surface area contributed by atoms with Gasteiger partial charge in [0, 0.05) is 22.6 Å². The topological polar surface area (TPSA) is 75.6 Å². The van der Waals surface area contributed by atoms with Crippen LogP contribution < -0.4 is 5.32 Å². The molecule has 0 aliphatic carbocycles. The lowest BCUT2D eigenvalue weighted by atomic mass is 10.1. The molecule has 1 atom stereocenters. The Morgan fingerprint density at radius 2 is 2.20 bits per heavy atom. The number of ether oxygens (including phenoxy) is 1. The van der Waals surface area contributed by atoms with Crippen molar-refractivity contribution in [2.45, 2.75) is 24.3 Å². The summed E-state index contributed by atoms with van der Waals surface area (Å²) >= 11 is 1.57. The lowest BCUT2D eigenvalue weighted by Crippen LogP contribution is -2.21. The summed E-state index contributed by atoms with van der Waals surface area (Å²) in [5, 5.41) is 11.3. The van der Waals surface area contributed by atoms with Crippen LogP contribution in [0.2, 0.25) is 0 Å². The summed E-state index contributed by atoms with van der Waals surface area (Å²) in [6.45, 7) is 5.01. The van der Waals surface area contributed by atoms with Crippen LogP contribution in [0, 0.1) is 0 Å². The average Bonchev–Trinajstić information content (AvgIpc) is 2.38. The highest BCUT2D eigenvalue weighted by atomic mass is 32.2. The summed E-state index contributed by atoms with van der Waals surface area (Å²) in [5.74, 6) is -1.09. The van der Waals surface area contributed by atoms with Crippen molar-refractivity contribution < 1.29 is 19.4 Å². The van der Waals surface area contributed by atoms with Crippen LogP contribution in [0.25, 0.3) is 0 Å². The maximum absolute atomic E-state index is 11.7. The van der Waals surface area contributed by atoms with Gasteiger partial charge in [-0.2, -0.15) is 0 Å². The highest BCUT2D eigenvalue weighted by molar-refractivity contribution is 7.98. The summed E-state index contributed by atoms with van der Waals surface area (Å²) in [5.41, 5.74) is 0.640. The van der Waals surface area contributed by atoms with Gasteiger partial charge in [-0.1, -0.05) is 12.6 Å². The summed E-state index contributed by atoms with van der Waals surface area (Å²) < 4.78 is 5.07. The minimum Gasteiger partial charge on any atom is -0.478 e. The fourth-order valence-corrected chi connectivity index (χ4v) is 1.97. The third-order valence-corrected chi connectivity index (χ3v) is 3.19. The number of anilines is 1. The highest BCUT2D eigenvalue weighted by Gasteiger charge is 2.14. The Morgan fingerprint density at radius 3 is 2.80 bits per heavy atom. The largest absolute Gasteiger partial charge is 0.478 e. The van der Waals surface area contributed by atoms with E-state index in [2.05, 4.69) is 11.9 Å². The molecule has 0 heterocycles. The standard InChI is InChI=1S/C14H17NO4S/c1-9(13(16)17)7-10(2)19-14(18)15-11-5-4-6-12(8-11)20-3/h4-6,8,10H,1,7H2,2-3H3,(H,15,18)(H,16,17). The summed E-state index contributed by atoms with van der Waals surface area (Å²) in [7, 11) is 0. The molecule has 1 unspecified atom stereocenters. The van der Waals surface area contributed by atoms with E-state index in [4.69, 9.17) is 9.84 Å². The molecular weight excluding hydrogens is 278 g/mol. The van der Waals surface area contributed by atoms with Crippen LogP contribution in [0.4, 0.5) is 10.5 Å². The molecule has 6 heteroatoms. The fourth-order valence-electron chi connectivity index (χ4n) is 1.51. The maximum atomic E-state index is 11.7. The van der Waals surface area contributed by atoms with Crippen molar-refractivity contribution >= 4 is 29.5 Å². The molecule has 0 aliphatic heterocycles. The van der Waals surface area contributed by atoms with Crippen molar-refractivity contribution in [2.24, 2.45) is 0 Å². The van der Waals surface area contributed by atoms with E-state index in [1.54, 1.807) is 24.8 Å². The third kappa shape index (κ3) is 5.36. The molecule has 108 valence electrons. The number of aliphatic carboxylic acids is 1. The first kappa shape index (κ1) is 16.1. The molecule has 1 rings (SSSR count). The van der Waals surface area contributed by atoms with Gasteiger partial charge in [0.15, 0.2) is 0 Å². The number of rotatable bonds is 6. The molecule has 0 fully saturated rings. The van der Waals surface area contributed by atoms with E-state index in [-0.39, 0.29) is 12.0 Å². The van der Waals surface area contributed by atoms with Gasteiger partial charge in [-0.3, -0.25) is 5.32 Å². The van der Waals surface area contributed by atoms with Crippen molar-refractivity contribution in [2.75, 3.05) is 11.6 Å². The van der Waals surface area contributed by atoms with Gasteiger partial charge in [0.05, 0.1) is 0 Å². The Kier molecular flexibility index (Phi) is 6.11. The van der Waals surface area contributed by atoms with E-state index in [9.17, 15) is 9.59 Å². The van der Waals surface area contributed by atoms with Crippen LogP contribution in [-0.2, 0) is 9.53 Å². The molecule has 5 nitrogen and oxygen atoms in total. The third-order valence-electron chi connectivity index (χ3n) is 2.46. The molecule has 0 saturated carbocycles. The van der Waals surface area contributed by atoms with Crippen LogP contribution in [0.5, 0.6) is 0 Å². The monoisotopic (exact) mass is 295 g/mol. The summed E-state index contributed by atoms with van der Waals surface area (Å²) in [6.07, 6.45) is 0.862. The van der Waals surface area contributed by atoms with Gasteiger partial charge in [0.25, 0.3) is 0 Å². The van der Waals surface area contributed by atoms with Gasteiger partial charge in [-0.15, -0.1) is 11.8 Å². The van der Waals surface area contributed by atoms with Gasteiger partial charge in [-0.05, 0) is 31.4 Å². The first-order chi connectivity index (χ1) is 9.42. The number of amides is 1. The number of benzene rings is 1. The first-order valence-electron chi connectivity index (χ1n) is 5.95. The zero-order valence-corrected chi connectivity index (χ0v) is 12.2. The zero-order valence-electron chi connectivity index (χ0n) is 11.4. The maximum Gasteiger partial charge on any atom is 0.411 e. The number of carboxylic acid groups (broad SMARTS) is 1. The van der Waals surface area contributed by atoms with Crippen molar-refractivity contribution in [3.63, 3.8) is 0 Å². The minimum absolute atomic E-state index is 0.00896. The molecule has 0 bridgehead atoms. The second-order valence-electron chi connectivity index (χ2n) is 4.19. The molecule has 0 saturated heterocycles. The first-order valence-corrected chi connectivity index (χ1v) is 7.17. The van der Waals surface area contributed by atoms with E-state index >= 15 is 0 Å². The van der Waals surface area contributed by atoms with Crippen LogP contribution in [0.1, 0.15) is 13.3 Å². The fraction of sp³-hybridized carbons (Fsp3) is 0.286. The molecular formula is C14H17NO4S. The summed E-state index contributed by atoms with van der Waals surface area (Å²) in [6, 6.07) is 7.34. The van der Waals surface area contributed by atoms with Crippen molar-refractivity contribution in [3.8, 4) is 0 Å². The van der Waals surface area contributed by atoms with E-state index in [1.807, 2.05) is 24.5 Å². The molecule has 0 aromatic heterocycles. The van der Waals surface area contributed by atoms with E-state index < -0.39 is 18.2 Å². The predicted molar refractivity (Wildman–Crippen MR) is 79.2 cm³/mol. The molecule has 20 heavy (non-hydrogen) atoms. The molecule has 1 aromatic carbocycles. The van der Waals surface area contributed by atoms with Gasteiger partial charge in [-0.25, -0.2) is 9.59 Å². The van der Waals surface area contributed by atoms with E-state index in [0.29, 0.717) is 5.69 Å². The molecule has 0 aliphatic rings. The van der Waals surface area contributed by atoms with Gasteiger partial charge >= 0.3 is 12.1 Å². The molecule has 2 N–H and O–H groups in total. The van der Waals surface area contributed by atoms with Gasteiger partial charge in [0.1, 0.15) is 6.10 Å². The molecule has 0 spiro atoms. The number of nitrogens with one attached hydrogen (secondary N) is 1. The molecule has 1 aromatic rings. The number of thioether (sulfide) groups is 1. The smallest absolute Gasteiger partial charge is 0.411 e. The highest BCUT2D eigenvalue weighted by Crippen LogP contribution is 2.19. The number of carbonyl (C=O) groups is 2. The SMILES string of the molecule is C=C(CC(C)OC(=O)Nc1cccc(SC)c1)C(=O)O. The van der Waals surface area contributed by atoms with Gasteiger partial charge in [0.2, 0.25) is 0 Å². The van der Waals surface area contributed by atoms with Crippen LogP contribution >= 0.6 is 11.8 Å². The van der Waals surface area contributed by atoms with Crippen molar-refractivity contribution in [3.05, 3.63) is 36.4 Å². The second kappa shape index (κ2) is 7.59. The average molecular weight is 295 g/mol. The van der Waals surface area contributed by atoms with Crippen LogP contribution in [0.15, 0.2) is 41.3 Å².